The lowest BCUT2D eigenvalue weighted by atomic mass is 10.0. The molecule has 5 heteroatoms. The summed E-state index contributed by atoms with van der Waals surface area (Å²) in [6.07, 6.45) is 5.72. The first-order chi connectivity index (χ1) is 18.4. The summed E-state index contributed by atoms with van der Waals surface area (Å²) in [6.45, 7) is 0. The molecule has 0 saturated heterocycles. The van der Waals surface area contributed by atoms with Crippen LogP contribution in [0.3, 0.4) is 0 Å². The predicted octanol–water partition coefficient (Wildman–Crippen LogP) is 8.50. The first kappa shape index (κ1) is 19.4. The summed E-state index contributed by atoms with van der Waals surface area (Å²) in [5.74, 6) is 0. The SMILES string of the molecule is c1ccc(-n2c3cc4c(cc3c3ccc5sc6ccccc6c5c32)c2cccnc2n2ccnc42)cc1. The van der Waals surface area contributed by atoms with E-state index in [9.17, 15) is 0 Å². The molecule has 9 aromatic rings. The van der Waals surface area contributed by atoms with Crippen LogP contribution in [0.4, 0.5) is 0 Å². The number of nitrogens with zero attached hydrogens (tertiary/aromatic N) is 4. The van der Waals surface area contributed by atoms with Crippen molar-refractivity contribution in [3.05, 3.63) is 110 Å². The molecule has 4 aromatic carbocycles. The highest BCUT2D eigenvalue weighted by Gasteiger charge is 2.20. The molecule has 9 rings (SSSR count). The van der Waals surface area contributed by atoms with Crippen molar-refractivity contribution in [3.8, 4) is 5.69 Å². The van der Waals surface area contributed by atoms with Crippen molar-refractivity contribution < 1.29 is 0 Å². The number of benzene rings is 4. The zero-order chi connectivity index (χ0) is 24.1. The fourth-order valence-corrected chi connectivity index (χ4v) is 7.19. The summed E-state index contributed by atoms with van der Waals surface area (Å²) in [5, 5.41) is 8.57. The Morgan fingerprint density at radius 1 is 0.568 bits per heavy atom. The van der Waals surface area contributed by atoms with Gasteiger partial charge in [0.05, 0.1) is 11.0 Å². The van der Waals surface area contributed by atoms with Crippen LogP contribution in [0.2, 0.25) is 0 Å². The normalized spacial score (nSPS) is 12.3. The average Bonchev–Trinajstić information content (AvgIpc) is 3.66. The van der Waals surface area contributed by atoms with E-state index in [-0.39, 0.29) is 0 Å². The van der Waals surface area contributed by atoms with Gasteiger partial charge in [-0.3, -0.25) is 4.40 Å². The maximum Gasteiger partial charge on any atom is 0.146 e. The van der Waals surface area contributed by atoms with Crippen molar-refractivity contribution in [1.29, 1.82) is 0 Å². The maximum atomic E-state index is 4.76. The number of pyridine rings is 2. The Hall–Kier alpha value is -4.74. The molecule has 0 fully saturated rings. The van der Waals surface area contributed by atoms with Gasteiger partial charge >= 0.3 is 0 Å². The van der Waals surface area contributed by atoms with Crippen LogP contribution in [0.1, 0.15) is 0 Å². The highest BCUT2D eigenvalue weighted by atomic mass is 32.1. The standard InChI is InChI=1S/C32H18N4S/c1-2-7-19(8-3-1)36-26-18-25-23(21-10-6-14-33-31(21)35-16-15-34-32(25)35)17-24(26)20-12-13-28-29(30(20)36)22-9-4-5-11-27(22)37-28/h1-18H. The quantitative estimate of drug-likeness (QED) is 0.216. The van der Waals surface area contributed by atoms with Crippen molar-refractivity contribution in [2.45, 2.75) is 0 Å². The highest BCUT2D eigenvalue weighted by Crippen LogP contribution is 2.44. The minimum atomic E-state index is 0.930. The molecule has 0 amide bonds. The molecular formula is C32H18N4S. The van der Waals surface area contributed by atoms with Crippen molar-refractivity contribution >= 4 is 80.8 Å². The number of hydrogen-bond acceptors (Lipinski definition) is 3. The maximum absolute atomic E-state index is 4.76. The van der Waals surface area contributed by atoms with E-state index in [0.29, 0.717) is 0 Å². The molecule has 0 aliphatic carbocycles. The largest absolute Gasteiger partial charge is 0.309 e. The van der Waals surface area contributed by atoms with Gasteiger partial charge in [0.1, 0.15) is 11.3 Å². The van der Waals surface area contributed by atoms with E-state index in [1.54, 1.807) is 0 Å². The van der Waals surface area contributed by atoms with Crippen LogP contribution in [0.5, 0.6) is 0 Å². The average molecular weight is 491 g/mol. The fourth-order valence-electron chi connectivity index (χ4n) is 6.08. The summed E-state index contributed by atoms with van der Waals surface area (Å²) in [5.41, 5.74) is 5.46. The lowest BCUT2D eigenvalue weighted by molar-refractivity contribution is 1.19. The molecule has 4 nitrogen and oxygen atoms in total. The number of imidazole rings is 1. The number of aromatic nitrogens is 4. The lowest BCUT2D eigenvalue weighted by Crippen LogP contribution is -1.95. The van der Waals surface area contributed by atoms with E-state index in [1.165, 1.54) is 47.4 Å². The smallest absolute Gasteiger partial charge is 0.146 e. The zero-order valence-electron chi connectivity index (χ0n) is 19.6. The minimum absolute atomic E-state index is 0.930. The fraction of sp³-hybridized carbons (Fsp3) is 0. The Bertz CT molecular complexity index is 2360. The summed E-state index contributed by atoms with van der Waals surface area (Å²) in [4.78, 5) is 9.47. The zero-order valence-corrected chi connectivity index (χ0v) is 20.4. The summed E-state index contributed by atoms with van der Waals surface area (Å²) >= 11 is 1.86. The molecule has 0 atom stereocenters. The van der Waals surface area contributed by atoms with E-state index in [4.69, 9.17) is 9.97 Å². The number of hydrogen-bond donors (Lipinski definition) is 0. The van der Waals surface area contributed by atoms with Gasteiger partial charge in [-0.1, -0.05) is 42.5 Å². The lowest BCUT2D eigenvalue weighted by Gasteiger charge is -2.11. The van der Waals surface area contributed by atoms with Crippen LogP contribution in [-0.2, 0) is 0 Å². The van der Waals surface area contributed by atoms with Crippen molar-refractivity contribution in [2.75, 3.05) is 0 Å². The van der Waals surface area contributed by atoms with Gasteiger partial charge in [-0.15, -0.1) is 11.3 Å². The van der Waals surface area contributed by atoms with Gasteiger partial charge in [-0.05, 0) is 53.9 Å². The number of fused-ring (bicyclic) bond motifs is 13. The second-order valence-corrected chi connectivity index (χ2v) is 10.6. The molecule has 0 N–H and O–H groups in total. The Morgan fingerprint density at radius 3 is 2.32 bits per heavy atom. The molecule has 0 saturated carbocycles. The summed E-state index contributed by atoms with van der Waals surface area (Å²) in [7, 11) is 0. The molecule has 5 aromatic heterocycles. The molecule has 37 heavy (non-hydrogen) atoms. The molecule has 5 heterocycles. The first-order valence-electron chi connectivity index (χ1n) is 12.3. The molecule has 0 unspecified atom stereocenters. The molecular weight excluding hydrogens is 472 g/mol. The Morgan fingerprint density at radius 2 is 1.38 bits per heavy atom. The van der Waals surface area contributed by atoms with Crippen LogP contribution in [0, 0.1) is 0 Å². The molecule has 0 aliphatic heterocycles. The Balaban J connectivity index is 1.60. The Kier molecular flexibility index (Phi) is 3.64. The number of thiophene rings is 1. The predicted molar refractivity (Wildman–Crippen MR) is 155 cm³/mol. The van der Waals surface area contributed by atoms with Crippen LogP contribution >= 0.6 is 11.3 Å². The highest BCUT2D eigenvalue weighted by molar-refractivity contribution is 7.26. The van der Waals surface area contributed by atoms with Crippen molar-refractivity contribution in [1.82, 2.24) is 18.9 Å². The van der Waals surface area contributed by atoms with E-state index >= 15 is 0 Å². The molecule has 0 radical (unpaired) electrons. The third kappa shape index (κ3) is 2.46. The van der Waals surface area contributed by atoms with Gasteiger partial charge in [0.25, 0.3) is 0 Å². The van der Waals surface area contributed by atoms with E-state index < -0.39 is 0 Å². The second kappa shape index (κ2) is 6.93. The van der Waals surface area contributed by atoms with Crippen LogP contribution < -0.4 is 0 Å². The molecule has 0 aliphatic rings. The van der Waals surface area contributed by atoms with Crippen molar-refractivity contribution in [2.24, 2.45) is 0 Å². The van der Waals surface area contributed by atoms with Gasteiger partial charge in [0.2, 0.25) is 0 Å². The van der Waals surface area contributed by atoms with Crippen LogP contribution in [0.15, 0.2) is 110 Å². The molecule has 0 spiro atoms. The Labute approximate surface area is 214 Å². The van der Waals surface area contributed by atoms with Gasteiger partial charge in [0.15, 0.2) is 0 Å². The van der Waals surface area contributed by atoms with Crippen molar-refractivity contribution in [3.63, 3.8) is 0 Å². The number of para-hydroxylation sites is 1. The van der Waals surface area contributed by atoms with E-state index in [1.807, 2.05) is 36.0 Å². The monoisotopic (exact) mass is 490 g/mol. The first-order valence-corrected chi connectivity index (χ1v) is 13.2. The van der Waals surface area contributed by atoms with Gasteiger partial charge in [0, 0.05) is 66.0 Å². The minimum Gasteiger partial charge on any atom is -0.309 e. The van der Waals surface area contributed by atoms with E-state index in [2.05, 4.69) is 93.9 Å². The van der Waals surface area contributed by atoms with Gasteiger partial charge in [-0.2, -0.15) is 0 Å². The molecule has 172 valence electrons. The molecule has 0 bridgehead atoms. The van der Waals surface area contributed by atoms with E-state index in [0.717, 1.165) is 27.8 Å². The summed E-state index contributed by atoms with van der Waals surface area (Å²) < 4.78 is 7.17. The van der Waals surface area contributed by atoms with Crippen LogP contribution in [-0.4, -0.2) is 18.9 Å². The second-order valence-electron chi connectivity index (χ2n) is 9.51. The topological polar surface area (TPSA) is 35.1 Å². The van der Waals surface area contributed by atoms with Gasteiger partial charge < -0.3 is 4.57 Å². The van der Waals surface area contributed by atoms with Gasteiger partial charge in [-0.25, -0.2) is 9.97 Å². The third-order valence-corrected chi connectivity index (χ3v) is 8.74. The third-order valence-electron chi connectivity index (χ3n) is 7.61. The van der Waals surface area contributed by atoms with Crippen LogP contribution in [0.25, 0.3) is 75.1 Å². The number of rotatable bonds is 1. The summed E-state index contributed by atoms with van der Waals surface area (Å²) in [6, 6.07) is 32.9.